The fourth-order valence-corrected chi connectivity index (χ4v) is 5.18. The highest BCUT2D eigenvalue weighted by molar-refractivity contribution is 8.07. The average Bonchev–Trinajstić information content (AvgIpc) is 2.80. The summed E-state index contributed by atoms with van der Waals surface area (Å²) in [6.07, 6.45) is 5.02. The van der Waals surface area contributed by atoms with E-state index in [9.17, 15) is 0 Å². The number of rotatable bonds is 4. The van der Waals surface area contributed by atoms with Gasteiger partial charge in [-0.2, -0.15) is 28.6 Å². The van der Waals surface area contributed by atoms with Crippen molar-refractivity contribution in [2.24, 2.45) is 5.73 Å². The van der Waals surface area contributed by atoms with E-state index in [1.54, 1.807) is 0 Å². The second-order valence-corrected chi connectivity index (χ2v) is 8.02. The van der Waals surface area contributed by atoms with Gasteiger partial charge >= 0.3 is 0 Å². The lowest BCUT2D eigenvalue weighted by Crippen LogP contribution is -2.41. The molecule has 1 aliphatic heterocycles. The summed E-state index contributed by atoms with van der Waals surface area (Å²) in [6, 6.07) is 0.243. The van der Waals surface area contributed by atoms with Crippen LogP contribution in [0, 0.1) is 0 Å². The van der Waals surface area contributed by atoms with Gasteiger partial charge in [0.1, 0.15) is 0 Å². The Hall–Kier alpha value is -0.130. The third kappa shape index (κ3) is 3.45. The Bertz CT molecular complexity index is 380. The second kappa shape index (κ2) is 6.35. The van der Waals surface area contributed by atoms with Gasteiger partial charge in [0.05, 0.1) is 6.20 Å². The van der Waals surface area contributed by atoms with Gasteiger partial charge in [-0.05, 0) is 18.9 Å². The van der Waals surface area contributed by atoms with E-state index in [0.29, 0.717) is 10.5 Å². The molecule has 0 spiro atoms. The van der Waals surface area contributed by atoms with E-state index in [1.807, 2.05) is 10.9 Å². The molecule has 0 bridgehead atoms. The summed E-state index contributed by atoms with van der Waals surface area (Å²) in [7, 11) is 0. The van der Waals surface area contributed by atoms with Crippen LogP contribution in [0.3, 0.4) is 0 Å². The summed E-state index contributed by atoms with van der Waals surface area (Å²) in [5.74, 6) is 1.18. The molecular formula is C13H23N3S2. The number of nitrogens with two attached hydrogens (primary N) is 1. The highest BCUT2D eigenvalue weighted by atomic mass is 32.2. The number of nitrogens with zero attached hydrogens (tertiary/aromatic N) is 2. The molecule has 1 saturated heterocycles. The van der Waals surface area contributed by atoms with E-state index in [0.717, 1.165) is 18.2 Å². The van der Waals surface area contributed by atoms with Crippen molar-refractivity contribution in [2.45, 2.75) is 55.5 Å². The minimum absolute atomic E-state index is 0.243. The van der Waals surface area contributed by atoms with Crippen molar-refractivity contribution in [3.8, 4) is 0 Å². The van der Waals surface area contributed by atoms with Crippen LogP contribution >= 0.6 is 23.5 Å². The summed E-state index contributed by atoms with van der Waals surface area (Å²) in [4.78, 5) is 0. The summed E-state index contributed by atoms with van der Waals surface area (Å²) in [5, 5.41) is 6.34. The second-order valence-electron chi connectivity index (χ2n) is 4.99. The SMILES string of the molecule is CCn1cc(CC(N)C2CSC(C)C(C)S2)cn1. The van der Waals surface area contributed by atoms with Crippen molar-refractivity contribution in [1.29, 1.82) is 0 Å². The van der Waals surface area contributed by atoms with Gasteiger partial charge in [0, 0.05) is 40.3 Å². The number of hydrogen-bond acceptors (Lipinski definition) is 4. The van der Waals surface area contributed by atoms with Gasteiger partial charge in [0.15, 0.2) is 0 Å². The van der Waals surface area contributed by atoms with Gasteiger partial charge in [-0.1, -0.05) is 13.8 Å². The van der Waals surface area contributed by atoms with E-state index >= 15 is 0 Å². The molecule has 4 unspecified atom stereocenters. The summed E-state index contributed by atoms with van der Waals surface area (Å²) in [6.45, 7) is 7.66. The molecule has 5 heteroatoms. The Labute approximate surface area is 118 Å². The molecule has 18 heavy (non-hydrogen) atoms. The van der Waals surface area contributed by atoms with Crippen LogP contribution in [0.5, 0.6) is 0 Å². The Kier molecular flexibility index (Phi) is 5.04. The number of aryl methyl sites for hydroxylation is 1. The monoisotopic (exact) mass is 285 g/mol. The van der Waals surface area contributed by atoms with Gasteiger partial charge in [0.2, 0.25) is 0 Å². The standard InChI is InChI=1S/C13H23N3S2/c1-4-16-7-11(6-15-16)5-12(14)13-8-17-9(2)10(3)18-13/h6-7,9-10,12-13H,4-5,8,14H2,1-3H3. The van der Waals surface area contributed by atoms with Crippen LogP contribution in [0.1, 0.15) is 26.3 Å². The van der Waals surface area contributed by atoms with Gasteiger partial charge in [-0.3, -0.25) is 4.68 Å². The van der Waals surface area contributed by atoms with Crippen molar-refractivity contribution in [3.63, 3.8) is 0 Å². The summed E-state index contributed by atoms with van der Waals surface area (Å²) >= 11 is 4.12. The largest absolute Gasteiger partial charge is 0.326 e. The zero-order valence-corrected chi connectivity index (χ0v) is 13.0. The highest BCUT2D eigenvalue weighted by Gasteiger charge is 2.29. The van der Waals surface area contributed by atoms with Crippen LogP contribution in [-0.2, 0) is 13.0 Å². The molecule has 2 N–H and O–H groups in total. The first-order chi connectivity index (χ1) is 8.60. The van der Waals surface area contributed by atoms with Crippen molar-refractivity contribution in [2.75, 3.05) is 5.75 Å². The van der Waals surface area contributed by atoms with Gasteiger partial charge in [-0.15, -0.1) is 0 Å². The topological polar surface area (TPSA) is 43.8 Å². The van der Waals surface area contributed by atoms with E-state index in [1.165, 1.54) is 11.3 Å². The fourth-order valence-electron chi connectivity index (χ4n) is 2.12. The minimum Gasteiger partial charge on any atom is -0.326 e. The first-order valence-electron chi connectivity index (χ1n) is 6.64. The molecule has 0 aromatic carbocycles. The maximum atomic E-state index is 6.37. The van der Waals surface area contributed by atoms with E-state index in [-0.39, 0.29) is 6.04 Å². The van der Waals surface area contributed by atoms with Crippen molar-refractivity contribution in [1.82, 2.24) is 9.78 Å². The van der Waals surface area contributed by atoms with Crippen LogP contribution < -0.4 is 5.73 Å². The summed E-state index contributed by atoms with van der Waals surface area (Å²) < 4.78 is 1.97. The first-order valence-corrected chi connectivity index (χ1v) is 8.63. The molecule has 3 nitrogen and oxygen atoms in total. The molecule has 0 amide bonds. The lowest BCUT2D eigenvalue weighted by molar-refractivity contribution is 0.647. The zero-order valence-electron chi connectivity index (χ0n) is 11.4. The summed E-state index contributed by atoms with van der Waals surface area (Å²) in [5.41, 5.74) is 7.63. The number of aromatic nitrogens is 2. The van der Waals surface area contributed by atoms with Crippen LogP contribution in [0.4, 0.5) is 0 Å². The molecule has 1 aromatic rings. The van der Waals surface area contributed by atoms with Gasteiger partial charge < -0.3 is 5.73 Å². The Morgan fingerprint density at radius 2 is 2.28 bits per heavy atom. The predicted molar refractivity (Wildman–Crippen MR) is 82.3 cm³/mol. The molecule has 0 radical (unpaired) electrons. The molecule has 2 rings (SSSR count). The fraction of sp³-hybridized carbons (Fsp3) is 0.769. The maximum absolute atomic E-state index is 6.37. The third-order valence-corrected chi connectivity index (χ3v) is 7.11. The van der Waals surface area contributed by atoms with Gasteiger partial charge in [0.25, 0.3) is 0 Å². The van der Waals surface area contributed by atoms with E-state index in [4.69, 9.17) is 5.73 Å². The lowest BCUT2D eigenvalue weighted by atomic mass is 10.1. The van der Waals surface area contributed by atoms with Crippen LogP contribution in [0.2, 0.25) is 0 Å². The lowest BCUT2D eigenvalue weighted by Gasteiger charge is -2.34. The molecular weight excluding hydrogens is 262 g/mol. The average molecular weight is 285 g/mol. The Balaban J connectivity index is 1.89. The molecule has 0 aliphatic carbocycles. The molecule has 0 saturated carbocycles. The van der Waals surface area contributed by atoms with E-state index < -0.39 is 0 Å². The molecule has 102 valence electrons. The molecule has 1 fully saturated rings. The zero-order chi connectivity index (χ0) is 13.1. The Morgan fingerprint density at radius 1 is 1.50 bits per heavy atom. The number of hydrogen-bond donors (Lipinski definition) is 1. The highest BCUT2D eigenvalue weighted by Crippen LogP contribution is 2.37. The smallest absolute Gasteiger partial charge is 0.0522 e. The van der Waals surface area contributed by atoms with Crippen molar-refractivity contribution >= 4 is 23.5 Å². The number of thioether (sulfide) groups is 2. The molecule has 4 atom stereocenters. The van der Waals surface area contributed by atoms with Crippen LogP contribution in [0.25, 0.3) is 0 Å². The molecule has 1 aromatic heterocycles. The van der Waals surface area contributed by atoms with Crippen molar-refractivity contribution < 1.29 is 0 Å². The van der Waals surface area contributed by atoms with Crippen LogP contribution in [-0.4, -0.2) is 37.3 Å². The predicted octanol–water partition coefficient (Wildman–Crippen LogP) is 2.40. The first kappa shape index (κ1) is 14.3. The normalized spacial score (nSPS) is 30.3. The third-order valence-electron chi connectivity index (χ3n) is 3.53. The quantitative estimate of drug-likeness (QED) is 0.922. The molecule has 1 aliphatic rings. The maximum Gasteiger partial charge on any atom is 0.0522 e. The van der Waals surface area contributed by atoms with E-state index in [2.05, 4.69) is 55.6 Å². The van der Waals surface area contributed by atoms with Gasteiger partial charge in [-0.25, -0.2) is 0 Å². The minimum atomic E-state index is 0.243. The Morgan fingerprint density at radius 3 is 2.89 bits per heavy atom. The van der Waals surface area contributed by atoms with Crippen LogP contribution in [0.15, 0.2) is 12.4 Å². The molecule has 2 heterocycles. The van der Waals surface area contributed by atoms with Crippen molar-refractivity contribution in [3.05, 3.63) is 18.0 Å².